The van der Waals surface area contributed by atoms with Crippen molar-refractivity contribution in [2.24, 2.45) is 5.73 Å². The van der Waals surface area contributed by atoms with Crippen molar-refractivity contribution < 1.29 is 9.21 Å². The second-order valence-corrected chi connectivity index (χ2v) is 3.99. The summed E-state index contributed by atoms with van der Waals surface area (Å²) < 4.78 is 5.10. The van der Waals surface area contributed by atoms with Gasteiger partial charge in [0.05, 0.1) is 12.1 Å². The fourth-order valence-corrected chi connectivity index (χ4v) is 1.59. The number of nitrogens with one attached hydrogen (secondary N) is 1. The average molecular weight is 254 g/mol. The van der Waals surface area contributed by atoms with Gasteiger partial charge in [0.15, 0.2) is 0 Å². The summed E-state index contributed by atoms with van der Waals surface area (Å²) in [4.78, 5) is 11.9. The third-order valence-electron chi connectivity index (χ3n) is 2.45. The first-order chi connectivity index (χ1) is 9.19. The zero-order valence-electron chi connectivity index (χ0n) is 10.6. The van der Waals surface area contributed by atoms with Gasteiger partial charge in [0.25, 0.3) is 5.91 Å². The molecule has 19 heavy (non-hydrogen) atoms. The van der Waals surface area contributed by atoms with E-state index in [2.05, 4.69) is 17.2 Å². The lowest BCUT2D eigenvalue weighted by Crippen LogP contribution is -2.10. The van der Waals surface area contributed by atoms with Crippen LogP contribution < -0.4 is 11.1 Å². The lowest BCUT2D eigenvalue weighted by Gasteiger charge is -2.03. The topological polar surface area (TPSA) is 68.3 Å². The van der Waals surface area contributed by atoms with Gasteiger partial charge >= 0.3 is 0 Å². The molecule has 1 aromatic carbocycles. The van der Waals surface area contributed by atoms with E-state index in [1.54, 1.807) is 25.1 Å². The van der Waals surface area contributed by atoms with Crippen molar-refractivity contribution in [2.75, 3.05) is 11.9 Å². The van der Waals surface area contributed by atoms with Crippen molar-refractivity contribution in [3.8, 4) is 11.8 Å². The quantitative estimate of drug-likeness (QED) is 0.807. The lowest BCUT2D eigenvalue weighted by atomic mass is 10.2. The molecule has 0 radical (unpaired) electrons. The van der Waals surface area contributed by atoms with Crippen LogP contribution in [0.25, 0.3) is 0 Å². The fourth-order valence-electron chi connectivity index (χ4n) is 1.59. The number of nitrogens with two attached hydrogens (primary N) is 1. The minimum absolute atomic E-state index is 0.208. The molecule has 96 valence electrons. The zero-order valence-corrected chi connectivity index (χ0v) is 10.6. The molecule has 2 rings (SSSR count). The number of hydrogen-bond donors (Lipinski definition) is 2. The van der Waals surface area contributed by atoms with Gasteiger partial charge in [0.1, 0.15) is 12.0 Å². The van der Waals surface area contributed by atoms with E-state index in [9.17, 15) is 4.79 Å². The Morgan fingerprint density at radius 3 is 2.95 bits per heavy atom. The van der Waals surface area contributed by atoms with Gasteiger partial charge in [-0.05, 0) is 31.2 Å². The first-order valence-corrected chi connectivity index (χ1v) is 5.84. The smallest absolute Gasteiger partial charge is 0.258 e. The molecule has 0 unspecified atom stereocenters. The molecule has 0 aliphatic heterocycles. The number of benzene rings is 1. The van der Waals surface area contributed by atoms with E-state index in [0.717, 1.165) is 5.56 Å². The maximum Gasteiger partial charge on any atom is 0.258 e. The number of carbonyl (C=O) groups excluding carboxylic acids is 1. The van der Waals surface area contributed by atoms with Gasteiger partial charge in [-0.25, -0.2) is 0 Å². The number of amides is 1. The van der Waals surface area contributed by atoms with E-state index < -0.39 is 0 Å². The van der Waals surface area contributed by atoms with E-state index in [-0.39, 0.29) is 5.91 Å². The van der Waals surface area contributed by atoms with Crippen molar-refractivity contribution in [1.29, 1.82) is 0 Å². The van der Waals surface area contributed by atoms with Crippen molar-refractivity contribution in [2.45, 2.75) is 6.92 Å². The molecule has 1 amide bonds. The van der Waals surface area contributed by atoms with Crippen LogP contribution in [0.1, 0.15) is 21.7 Å². The molecule has 0 fully saturated rings. The monoisotopic (exact) mass is 254 g/mol. The van der Waals surface area contributed by atoms with Crippen molar-refractivity contribution in [3.63, 3.8) is 0 Å². The first kappa shape index (κ1) is 12.9. The van der Waals surface area contributed by atoms with Gasteiger partial charge < -0.3 is 15.5 Å². The van der Waals surface area contributed by atoms with Crippen LogP contribution in [0.2, 0.25) is 0 Å². The SMILES string of the molecule is Cc1cc(C(=O)Nc2cccc(C#CCN)c2)co1. The molecule has 2 aromatic rings. The fraction of sp³-hybridized carbons (Fsp3) is 0.133. The highest BCUT2D eigenvalue weighted by molar-refractivity contribution is 6.04. The molecular weight excluding hydrogens is 240 g/mol. The Balaban J connectivity index is 2.13. The Morgan fingerprint density at radius 1 is 1.42 bits per heavy atom. The Bertz CT molecular complexity index is 647. The number of rotatable bonds is 2. The minimum Gasteiger partial charge on any atom is -0.469 e. The summed E-state index contributed by atoms with van der Waals surface area (Å²) in [7, 11) is 0. The van der Waals surface area contributed by atoms with Crippen LogP contribution in [0.3, 0.4) is 0 Å². The summed E-state index contributed by atoms with van der Waals surface area (Å²) in [5.74, 6) is 6.18. The molecule has 0 aliphatic carbocycles. The highest BCUT2D eigenvalue weighted by Crippen LogP contribution is 2.13. The molecule has 1 aromatic heterocycles. The Labute approximate surface area is 111 Å². The van der Waals surface area contributed by atoms with Crippen LogP contribution in [-0.4, -0.2) is 12.5 Å². The van der Waals surface area contributed by atoms with Crippen LogP contribution >= 0.6 is 0 Å². The van der Waals surface area contributed by atoms with Crippen molar-refractivity contribution in [3.05, 3.63) is 53.5 Å². The molecule has 3 N–H and O–H groups in total. The zero-order chi connectivity index (χ0) is 13.7. The Kier molecular flexibility index (Phi) is 4.01. The van der Waals surface area contributed by atoms with E-state index >= 15 is 0 Å². The Hall–Kier alpha value is -2.51. The predicted octanol–water partition coefficient (Wildman–Crippen LogP) is 2.15. The molecule has 0 bridgehead atoms. The molecule has 0 saturated carbocycles. The van der Waals surface area contributed by atoms with Crippen molar-refractivity contribution >= 4 is 11.6 Å². The highest BCUT2D eigenvalue weighted by atomic mass is 16.3. The molecule has 1 heterocycles. The molecule has 4 heteroatoms. The third kappa shape index (κ3) is 3.47. The van der Waals surface area contributed by atoms with Gasteiger partial charge in [-0.2, -0.15) is 0 Å². The number of aryl methyl sites for hydroxylation is 1. The van der Waals surface area contributed by atoms with Gasteiger partial charge in [-0.1, -0.05) is 17.9 Å². The van der Waals surface area contributed by atoms with E-state index in [4.69, 9.17) is 10.2 Å². The Morgan fingerprint density at radius 2 is 2.26 bits per heavy atom. The van der Waals surface area contributed by atoms with Crippen LogP contribution in [0.4, 0.5) is 5.69 Å². The molecule has 0 aliphatic rings. The summed E-state index contributed by atoms with van der Waals surface area (Å²) in [6.45, 7) is 2.10. The maximum absolute atomic E-state index is 11.9. The van der Waals surface area contributed by atoms with Crippen LogP contribution in [-0.2, 0) is 0 Å². The van der Waals surface area contributed by atoms with Crippen LogP contribution in [0.5, 0.6) is 0 Å². The second kappa shape index (κ2) is 5.89. The number of hydrogen-bond acceptors (Lipinski definition) is 3. The normalized spacial score (nSPS) is 9.58. The maximum atomic E-state index is 11.9. The predicted molar refractivity (Wildman–Crippen MR) is 73.8 cm³/mol. The second-order valence-electron chi connectivity index (χ2n) is 3.99. The average Bonchev–Trinajstić information content (AvgIpc) is 2.83. The van der Waals surface area contributed by atoms with E-state index in [0.29, 0.717) is 23.6 Å². The number of anilines is 1. The number of carbonyl (C=O) groups is 1. The molecular formula is C15H14N2O2. The largest absolute Gasteiger partial charge is 0.469 e. The van der Waals surface area contributed by atoms with Crippen molar-refractivity contribution in [1.82, 2.24) is 0 Å². The molecule has 0 atom stereocenters. The van der Waals surface area contributed by atoms with Gasteiger partial charge in [0.2, 0.25) is 0 Å². The van der Waals surface area contributed by atoms with Crippen LogP contribution in [0.15, 0.2) is 41.0 Å². The van der Waals surface area contributed by atoms with E-state index in [1.165, 1.54) is 6.26 Å². The number of furan rings is 1. The van der Waals surface area contributed by atoms with Gasteiger partial charge in [-0.3, -0.25) is 4.79 Å². The third-order valence-corrected chi connectivity index (χ3v) is 2.45. The summed E-state index contributed by atoms with van der Waals surface area (Å²) in [5.41, 5.74) is 7.32. The van der Waals surface area contributed by atoms with E-state index in [1.807, 2.05) is 12.1 Å². The summed E-state index contributed by atoms with van der Waals surface area (Å²) in [6.07, 6.45) is 1.43. The lowest BCUT2D eigenvalue weighted by molar-refractivity contribution is 0.102. The standard InChI is InChI=1S/C15H14N2O2/c1-11-8-13(10-19-11)15(18)17-14-6-2-4-12(9-14)5-3-7-16/h2,4,6,8-10H,7,16H2,1H3,(H,17,18). The summed E-state index contributed by atoms with van der Waals surface area (Å²) >= 11 is 0. The van der Waals surface area contributed by atoms with Gasteiger partial charge in [-0.15, -0.1) is 0 Å². The molecule has 4 nitrogen and oxygen atoms in total. The van der Waals surface area contributed by atoms with Gasteiger partial charge in [0, 0.05) is 11.3 Å². The molecule has 0 spiro atoms. The van der Waals surface area contributed by atoms with Crippen LogP contribution in [0, 0.1) is 18.8 Å². The highest BCUT2D eigenvalue weighted by Gasteiger charge is 2.08. The minimum atomic E-state index is -0.208. The summed E-state index contributed by atoms with van der Waals surface area (Å²) in [5, 5.41) is 2.79. The molecule has 0 saturated heterocycles. The summed E-state index contributed by atoms with van der Waals surface area (Å²) in [6, 6.07) is 8.98. The first-order valence-electron chi connectivity index (χ1n) is 5.84.